The minimum atomic E-state index is -0.308. The zero-order valence-corrected chi connectivity index (χ0v) is 9.35. The summed E-state index contributed by atoms with van der Waals surface area (Å²) in [6.45, 7) is 2.04. The smallest absolute Gasteiger partial charge is 0.340 e. The van der Waals surface area contributed by atoms with E-state index in [1.165, 1.54) is 12.0 Å². The lowest BCUT2D eigenvalue weighted by atomic mass is 10.2. The van der Waals surface area contributed by atoms with Crippen molar-refractivity contribution in [2.75, 3.05) is 7.11 Å². The molecule has 78 valence electrons. The van der Waals surface area contributed by atoms with Crippen LogP contribution < -0.4 is 0 Å². The first-order valence-corrected chi connectivity index (χ1v) is 5.36. The number of hydrogen-bond acceptors (Lipinski definition) is 3. The van der Waals surface area contributed by atoms with Crippen molar-refractivity contribution in [2.45, 2.75) is 6.92 Å². The molecular formula is C11H11NO2S. The molecule has 0 aliphatic heterocycles. The first-order valence-electron chi connectivity index (χ1n) is 4.54. The van der Waals surface area contributed by atoms with Crippen molar-refractivity contribution in [3.63, 3.8) is 0 Å². The number of H-pyrrole nitrogens is 1. The molecule has 3 nitrogen and oxygen atoms in total. The number of hydrogen-bond donors (Lipinski definition) is 1. The Balaban J connectivity index is 2.45. The molecule has 0 fully saturated rings. The molecule has 2 rings (SSSR count). The Morgan fingerprint density at radius 1 is 1.40 bits per heavy atom. The monoisotopic (exact) mass is 221 g/mol. The topological polar surface area (TPSA) is 42.1 Å². The average molecular weight is 221 g/mol. The summed E-state index contributed by atoms with van der Waals surface area (Å²) in [5.74, 6) is -0.308. The molecule has 1 N–H and O–H groups in total. The molecule has 0 aromatic carbocycles. The minimum absolute atomic E-state index is 0.308. The van der Waals surface area contributed by atoms with Crippen molar-refractivity contribution in [1.82, 2.24) is 4.98 Å². The van der Waals surface area contributed by atoms with Crippen molar-refractivity contribution in [2.24, 2.45) is 0 Å². The number of methoxy groups -OCH3 is 1. The van der Waals surface area contributed by atoms with Gasteiger partial charge in [0.25, 0.3) is 0 Å². The highest BCUT2D eigenvalue weighted by Gasteiger charge is 2.14. The fourth-order valence-corrected chi connectivity index (χ4v) is 2.32. The van der Waals surface area contributed by atoms with Gasteiger partial charge in [-0.2, -0.15) is 0 Å². The van der Waals surface area contributed by atoms with Crippen LogP contribution in [0, 0.1) is 6.92 Å². The quantitative estimate of drug-likeness (QED) is 0.792. The van der Waals surface area contributed by atoms with Crippen LogP contribution in [0.2, 0.25) is 0 Å². The molecule has 0 atom stereocenters. The summed E-state index contributed by atoms with van der Waals surface area (Å²) >= 11 is 1.66. The van der Waals surface area contributed by atoms with Crippen molar-refractivity contribution in [3.8, 4) is 10.4 Å². The first-order chi connectivity index (χ1) is 7.22. The predicted molar refractivity (Wildman–Crippen MR) is 60.2 cm³/mol. The van der Waals surface area contributed by atoms with E-state index in [1.807, 2.05) is 25.3 Å². The van der Waals surface area contributed by atoms with Gasteiger partial charge in [0.2, 0.25) is 0 Å². The fraction of sp³-hybridized carbons (Fsp3) is 0.182. The molecular weight excluding hydrogens is 210 g/mol. The number of carbonyl (C=O) groups is 1. The van der Waals surface area contributed by atoms with Crippen LogP contribution in [-0.2, 0) is 4.74 Å². The van der Waals surface area contributed by atoms with Crippen LogP contribution in [0.15, 0.2) is 24.5 Å². The van der Waals surface area contributed by atoms with Gasteiger partial charge in [-0.15, -0.1) is 11.3 Å². The molecule has 0 saturated heterocycles. The number of aromatic amines is 1. The number of nitrogens with one attached hydrogen (secondary N) is 1. The number of rotatable bonds is 2. The molecule has 0 spiro atoms. The first kappa shape index (κ1) is 9.98. The zero-order chi connectivity index (χ0) is 10.8. The normalized spacial score (nSPS) is 10.3. The van der Waals surface area contributed by atoms with Crippen LogP contribution in [0.4, 0.5) is 0 Å². The Morgan fingerprint density at radius 2 is 2.20 bits per heavy atom. The van der Waals surface area contributed by atoms with Gasteiger partial charge in [-0.25, -0.2) is 4.79 Å². The number of ether oxygens (including phenoxy) is 1. The Hall–Kier alpha value is -1.55. The van der Waals surface area contributed by atoms with Crippen LogP contribution in [0.25, 0.3) is 10.4 Å². The Bertz CT molecular complexity index is 484. The second-order valence-corrected chi connectivity index (χ2v) is 4.47. The lowest BCUT2D eigenvalue weighted by Gasteiger charge is -1.98. The second-order valence-electron chi connectivity index (χ2n) is 3.18. The van der Waals surface area contributed by atoms with Crippen LogP contribution >= 0.6 is 11.3 Å². The summed E-state index contributed by atoms with van der Waals surface area (Å²) in [4.78, 5) is 16.7. The molecule has 2 aromatic heterocycles. The van der Waals surface area contributed by atoms with Crippen LogP contribution in [0.5, 0.6) is 0 Å². The van der Waals surface area contributed by atoms with E-state index in [-0.39, 0.29) is 5.97 Å². The number of aryl methyl sites for hydroxylation is 1. The van der Waals surface area contributed by atoms with E-state index in [4.69, 9.17) is 4.74 Å². The molecule has 4 heteroatoms. The van der Waals surface area contributed by atoms with Gasteiger partial charge in [-0.05, 0) is 19.1 Å². The number of aromatic nitrogens is 1. The van der Waals surface area contributed by atoms with Gasteiger partial charge in [-0.3, -0.25) is 0 Å². The summed E-state index contributed by atoms with van der Waals surface area (Å²) in [7, 11) is 1.39. The van der Waals surface area contributed by atoms with E-state index in [1.54, 1.807) is 17.5 Å². The summed E-state index contributed by atoms with van der Waals surface area (Å²) in [6.07, 6.45) is 3.48. The van der Waals surface area contributed by atoms with Gasteiger partial charge in [-0.1, -0.05) is 0 Å². The van der Waals surface area contributed by atoms with Gasteiger partial charge in [0, 0.05) is 27.7 Å². The van der Waals surface area contributed by atoms with Crippen LogP contribution in [-0.4, -0.2) is 18.1 Å². The maximum Gasteiger partial charge on any atom is 0.340 e. The van der Waals surface area contributed by atoms with Gasteiger partial charge in [0.15, 0.2) is 0 Å². The maximum atomic E-state index is 11.4. The summed E-state index contributed by atoms with van der Waals surface area (Å²) in [5.41, 5.74) is 1.49. The van der Waals surface area contributed by atoms with Crippen LogP contribution in [0.1, 0.15) is 15.2 Å². The molecule has 0 saturated carbocycles. The summed E-state index contributed by atoms with van der Waals surface area (Å²) in [5, 5.41) is 0. The largest absolute Gasteiger partial charge is 0.465 e. The van der Waals surface area contributed by atoms with E-state index < -0.39 is 0 Å². The van der Waals surface area contributed by atoms with Gasteiger partial charge in [0.1, 0.15) is 0 Å². The lowest BCUT2D eigenvalue weighted by molar-refractivity contribution is 0.0602. The van der Waals surface area contributed by atoms with Crippen LogP contribution in [0.3, 0.4) is 0 Å². The second kappa shape index (κ2) is 3.90. The zero-order valence-electron chi connectivity index (χ0n) is 8.53. The van der Waals surface area contributed by atoms with Gasteiger partial charge >= 0.3 is 5.97 Å². The predicted octanol–water partition coefficient (Wildman–Crippen LogP) is 2.84. The molecule has 0 amide bonds. The molecule has 0 aliphatic rings. The van der Waals surface area contributed by atoms with E-state index in [9.17, 15) is 4.79 Å². The van der Waals surface area contributed by atoms with Crippen molar-refractivity contribution < 1.29 is 9.53 Å². The number of thiophene rings is 1. The van der Waals surface area contributed by atoms with E-state index in [0.717, 1.165) is 10.4 Å². The van der Waals surface area contributed by atoms with E-state index in [2.05, 4.69) is 4.98 Å². The minimum Gasteiger partial charge on any atom is -0.465 e. The number of esters is 1. The highest BCUT2D eigenvalue weighted by molar-refractivity contribution is 7.15. The summed E-state index contributed by atoms with van der Waals surface area (Å²) in [6, 6.07) is 4.05. The Labute approximate surface area is 91.7 Å². The van der Waals surface area contributed by atoms with Crippen molar-refractivity contribution in [3.05, 3.63) is 35.0 Å². The standard InChI is InChI=1S/C11H11NO2S/c1-7-3-4-10(15-7)8-5-12-6-9(8)11(13)14-2/h3-6,12H,1-2H3. The van der Waals surface area contributed by atoms with E-state index >= 15 is 0 Å². The Morgan fingerprint density at radius 3 is 2.80 bits per heavy atom. The van der Waals surface area contributed by atoms with Gasteiger partial charge < -0.3 is 9.72 Å². The fourth-order valence-electron chi connectivity index (χ4n) is 1.43. The third-order valence-electron chi connectivity index (χ3n) is 2.16. The molecule has 0 unspecified atom stereocenters. The Kier molecular flexibility index (Phi) is 2.60. The van der Waals surface area contributed by atoms with E-state index in [0.29, 0.717) is 5.56 Å². The highest BCUT2D eigenvalue weighted by Crippen LogP contribution is 2.30. The summed E-state index contributed by atoms with van der Waals surface area (Å²) < 4.78 is 4.71. The average Bonchev–Trinajstić information content (AvgIpc) is 2.84. The number of carbonyl (C=O) groups excluding carboxylic acids is 1. The molecule has 0 radical (unpaired) electrons. The molecule has 15 heavy (non-hydrogen) atoms. The third kappa shape index (κ3) is 1.80. The van der Waals surface area contributed by atoms with Gasteiger partial charge in [0.05, 0.1) is 12.7 Å². The SMILES string of the molecule is COC(=O)c1c[nH]cc1-c1ccc(C)s1. The van der Waals surface area contributed by atoms with Crippen molar-refractivity contribution >= 4 is 17.3 Å². The molecule has 0 aliphatic carbocycles. The maximum absolute atomic E-state index is 11.4. The molecule has 2 heterocycles. The highest BCUT2D eigenvalue weighted by atomic mass is 32.1. The third-order valence-corrected chi connectivity index (χ3v) is 3.19. The molecule has 0 bridgehead atoms. The lowest BCUT2D eigenvalue weighted by Crippen LogP contribution is -2.00. The molecule has 2 aromatic rings. The van der Waals surface area contributed by atoms with Crippen molar-refractivity contribution in [1.29, 1.82) is 0 Å².